The molecule has 0 aliphatic heterocycles. The number of aryl methyl sites for hydroxylation is 1. The molecule has 0 aliphatic carbocycles. The molecule has 4 aromatic rings. The zero-order valence-corrected chi connectivity index (χ0v) is 14.5. The molecule has 1 aromatic carbocycles. The summed E-state index contributed by atoms with van der Waals surface area (Å²) in [7, 11) is 0. The summed E-state index contributed by atoms with van der Waals surface area (Å²) in [6.07, 6.45) is 4.92. The third-order valence-electron chi connectivity index (χ3n) is 4.20. The highest BCUT2D eigenvalue weighted by Gasteiger charge is 2.09. The van der Waals surface area contributed by atoms with Gasteiger partial charge in [0.05, 0.1) is 11.2 Å². The van der Waals surface area contributed by atoms with Crippen LogP contribution in [0.25, 0.3) is 22.2 Å². The molecule has 0 saturated heterocycles. The highest BCUT2D eigenvalue weighted by molar-refractivity contribution is 5.96. The van der Waals surface area contributed by atoms with Crippen molar-refractivity contribution in [2.75, 3.05) is 6.54 Å². The van der Waals surface area contributed by atoms with Crippen molar-refractivity contribution in [1.29, 1.82) is 0 Å². The first-order chi connectivity index (χ1) is 13.3. The number of nitrogens with one attached hydrogen (secondary N) is 2. The van der Waals surface area contributed by atoms with E-state index in [1.165, 1.54) is 0 Å². The highest BCUT2D eigenvalue weighted by atomic mass is 16.1. The molecule has 3 heterocycles. The first kappa shape index (κ1) is 16.8. The van der Waals surface area contributed by atoms with E-state index in [9.17, 15) is 4.79 Å². The number of pyridine rings is 2. The number of fused-ring (bicyclic) bond motifs is 1. The molecule has 0 unspecified atom stereocenters. The minimum absolute atomic E-state index is 0.109. The minimum Gasteiger partial charge on any atom is -0.352 e. The van der Waals surface area contributed by atoms with Gasteiger partial charge in [-0.3, -0.25) is 14.8 Å². The molecule has 27 heavy (non-hydrogen) atoms. The smallest absolute Gasteiger partial charge is 0.251 e. The van der Waals surface area contributed by atoms with E-state index in [4.69, 9.17) is 0 Å². The lowest BCUT2D eigenvalue weighted by atomic mass is 10.0. The first-order valence-electron chi connectivity index (χ1n) is 8.62. The van der Waals surface area contributed by atoms with Crippen molar-refractivity contribution in [2.45, 2.75) is 12.8 Å². The van der Waals surface area contributed by atoms with Gasteiger partial charge in [0.25, 0.3) is 5.91 Å². The third-order valence-corrected chi connectivity index (χ3v) is 4.20. The van der Waals surface area contributed by atoms with Gasteiger partial charge >= 0.3 is 0 Å². The zero-order chi connectivity index (χ0) is 18.5. The Bertz CT molecular complexity index is 1040. The Balaban J connectivity index is 1.41. The zero-order valence-electron chi connectivity index (χ0n) is 14.5. The molecule has 8 nitrogen and oxygen atoms in total. The number of hydrogen-bond acceptors (Lipinski definition) is 6. The number of aromatic amines is 1. The van der Waals surface area contributed by atoms with E-state index < -0.39 is 0 Å². The Morgan fingerprint density at radius 3 is 2.74 bits per heavy atom. The van der Waals surface area contributed by atoms with E-state index in [2.05, 4.69) is 35.9 Å². The summed E-state index contributed by atoms with van der Waals surface area (Å²) in [5, 5.41) is 17.6. The van der Waals surface area contributed by atoms with E-state index in [0.717, 1.165) is 28.6 Å². The molecule has 8 heteroatoms. The van der Waals surface area contributed by atoms with E-state index in [1.807, 2.05) is 30.3 Å². The third kappa shape index (κ3) is 3.79. The number of carbonyl (C=O) groups excluding carboxylic acids is 1. The van der Waals surface area contributed by atoms with Crippen LogP contribution in [0.3, 0.4) is 0 Å². The van der Waals surface area contributed by atoms with Gasteiger partial charge in [-0.25, -0.2) is 0 Å². The maximum atomic E-state index is 12.3. The van der Waals surface area contributed by atoms with Crippen molar-refractivity contribution in [3.05, 3.63) is 66.2 Å². The standard InChI is InChI=1S/C19H17N7O/c27-19(22-11-2-4-17-23-25-26-24-17)14-7-5-13(6-8-14)18-15-3-1-10-20-16(15)9-12-21-18/h1,3,5-10,12H,2,4,11H2,(H,22,27)(H,23,24,25,26). The Morgan fingerprint density at radius 1 is 1.04 bits per heavy atom. The fourth-order valence-electron chi connectivity index (χ4n) is 2.85. The summed E-state index contributed by atoms with van der Waals surface area (Å²) in [5.74, 6) is 0.535. The first-order valence-corrected chi connectivity index (χ1v) is 8.62. The summed E-state index contributed by atoms with van der Waals surface area (Å²) in [6, 6.07) is 13.2. The number of nitrogens with zero attached hydrogens (tertiary/aromatic N) is 5. The van der Waals surface area contributed by atoms with Crippen molar-refractivity contribution in [2.24, 2.45) is 0 Å². The summed E-state index contributed by atoms with van der Waals surface area (Å²) in [6.45, 7) is 0.547. The molecule has 0 atom stereocenters. The quantitative estimate of drug-likeness (QED) is 0.511. The maximum Gasteiger partial charge on any atom is 0.251 e. The molecule has 4 rings (SSSR count). The molecule has 0 bridgehead atoms. The average Bonchev–Trinajstić information content (AvgIpc) is 3.24. The van der Waals surface area contributed by atoms with E-state index in [-0.39, 0.29) is 5.91 Å². The van der Waals surface area contributed by atoms with Crippen LogP contribution in [-0.2, 0) is 6.42 Å². The maximum absolute atomic E-state index is 12.3. The molecule has 0 saturated carbocycles. The lowest BCUT2D eigenvalue weighted by Gasteiger charge is -2.07. The Kier molecular flexibility index (Phi) is 4.78. The van der Waals surface area contributed by atoms with Crippen LogP contribution in [0.15, 0.2) is 54.9 Å². The van der Waals surface area contributed by atoms with Crippen LogP contribution >= 0.6 is 0 Å². The Labute approximate surface area is 155 Å². The molecular weight excluding hydrogens is 342 g/mol. The van der Waals surface area contributed by atoms with Gasteiger partial charge in [0.15, 0.2) is 5.82 Å². The number of tetrazole rings is 1. The van der Waals surface area contributed by atoms with E-state index in [0.29, 0.717) is 24.4 Å². The fourth-order valence-corrected chi connectivity index (χ4v) is 2.85. The largest absolute Gasteiger partial charge is 0.352 e. The number of rotatable bonds is 6. The number of hydrogen-bond donors (Lipinski definition) is 2. The second-order valence-electron chi connectivity index (χ2n) is 5.99. The second kappa shape index (κ2) is 7.69. The van der Waals surface area contributed by atoms with Crippen molar-refractivity contribution in [3.8, 4) is 11.3 Å². The minimum atomic E-state index is -0.109. The number of aromatic nitrogens is 6. The van der Waals surface area contributed by atoms with Crippen LogP contribution in [0.5, 0.6) is 0 Å². The summed E-state index contributed by atoms with van der Waals surface area (Å²) >= 11 is 0. The Morgan fingerprint density at radius 2 is 1.93 bits per heavy atom. The molecular formula is C19H17N7O. The normalized spacial score (nSPS) is 10.8. The predicted molar refractivity (Wildman–Crippen MR) is 99.8 cm³/mol. The van der Waals surface area contributed by atoms with Crippen LogP contribution in [0.4, 0.5) is 0 Å². The fraction of sp³-hybridized carbons (Fsp3) is 0.158. The van der Waals surface area contributed by atoms with Gasteiger partial charge in [-0.2, -0.15) is 5.21 Å². The highest BCUT2D eigenvalue weighted by Crippen LogP contribution is 2.25. The van der Waals surface area contributed by atoms with Gasteiger partial charge in [-0.05, 0) is 36.8 Å². The van der Waals surface area contributed by atoms with Crippen molar-refractivity contribution in [3.63, 3.8) is 0 Å². The topological polar surface area (TPSA) is 109 Å². The predicted octanol–water partition coefficient (Wildman–Crippen LogP) is 2.17. The van der Waals surface area contributed by atoms with Crippen LogP contribution in [0.2, 0.25) is 0 Å². The van der Waals surface area contributed by atoms with Crippen LogP contribution in [-0.4, -0.2) is 43.0 Å². The van der Waals surface area contributed by atoms with Gasteiger partial charge in [0.2, 0.25) is 0 Å². The van der Waals surface area contributed by atoms with Crippen LogP contribution in [0, 0.1) is 0 Å². The van der Waals surface area contributed by atoms with Crippen LogP contribution in [0.1, 0.15) is 22.6 Å². The van der Waals surface area contributed by atoms with E-state index >= 15 is 0 Å². The summed E-state index contributed by atoms with van der Waals surface area (Å²) in [4.78, 5) is 21.1. The molecule has 134 valence electrons. The molecule has 0 aliphatic rings. The van der Waals surface area contributed by atoms with Crippen LogP contribution < -0.4 is 5.32 Å². The molecule has 0 fully saturated rings. The molecule has 0 radical (unpaired) electrons. The van der Waals surface area contributed by atoms with Crippen molar-refractivity contribution < 1.29 is 4.79 Å². The lowest BCUT2D eigenvalue weighted by Crippen LogP contribution is -2.24. The van der Waals surface area contributed by atoms with Crippen molar-refractivity contribution >= 4 is 16.8 Å². The Hall–Kier alpha value is -3.68. The molecule has 2 N–H and O–H groups in total. The molecule has 3 aromatic heterocycles. The van der Waals surface area contributed by atoms with E-state index in [1.54, 1.807) is 24.5 Å². The van der Waals surface area contributed by atoms with Gasteiger partial charge in [-0.1, -0.05) is 17.3 Å². The van der Waals surface area contributed by atoms with Crippen molar-refractivity contribution in [1.82, 2.24) is 35.9 Å². The summed E-state index contributed by atoms with van der Waals surface area (Å²) < 4.78 is 0. The van der Waals surface area contributed by atoms with Gasteiger partial charge in [0, 0.05) is 41.9 Å². The monoisotopic (exact) mass is 359 g/mol. The number of benzene rings is 1. The van der Waals surface area contributed by atoms with Gasteiger partial charge in [0.1, 0.15) is 0 Å². The number of carbonyl (C=O) groups is 1. The average molecular weight is 359 g/mol. The molecule has 1 amide bonds. The van der Waals surface area contributed by atoms with Gasteiger partial charge in [-0.15, -0.1) is 10.2 Å². The lowest BCUT2D eigenvalue weighted by molar-refractivity contribution is 0.0953. The molecule has 0 spiro atoms. The SMILES string of the molecule is O=C(NCCCc1nn[nH]n1)c1ccc(-c2nccc3ncccc23)cc1. The van der Waals surface area contributed by atoms with Gasteiger partial charge < -0.3 is 5.32 Å². The second-order valence-corrected chi connectivity index (χ2v) is 5.99. The number of H-pyrrole nitrogens is 1. The summed E-state index contributed by atoms with van der Waals surface area (Å²) in [5.41, 5.74) is 3.30. The number of amides is 1.